The maximum atomic E-state index is 15.0. The number of methoxy groups -OCH3 is 2. The average Bonchev–Trinajstić information content (AvgIpc) is 3.58. The van der Waals surface area contributed by atoms with E-state index in [1.165, 1.54) is 9.80 Å². The highest BCUT2D eigenvalue weighted by Crippen LogP contribution is 2.73. The van der Waals surface area contributed by atoms with Gasteiger partial charge in [-0.1, -0.05) is 74.0 Å². The fourth-order valence-electron chi connectivity index (χ4n) is 9.50. The van der Waals surface area contributed by atoms with Crippen molar-refractivity contribution in [2.45, 2.75) is 19.8 Å². The predicted octanol–water partition coefficient (Wildman–Crippen LogP) is 6.66. The summed E-state index contributed by atoms with van der Waals surface area (Å²) in [5.41, 5.74) is 3.29. The zero-order valence-electron chi connectivity index (χ0n) is 27.5. The largest absolute Gasteiger partial charge is 0.497 e. The van der Waals surface area contributed by atoms with Crippen LogP contribution in [0.25, 0.3) is 11.1 Å². The van der Waals surface area contributed by atoms with Crippen molar-refractivity contribution in [3.8, 4) is 11.5 Å². The van der Waals surface area contributed by atoms with E-state index in [0.29, 0.717) is 35.7 Å². The number of imide groups is 2. The molecule has 2 heterocycles. The third kappa shape index (κ3) is 4.22. The number of hydrogen-bond acceptors (Lipinski definition) is 6. The van der Waals surface area contributed by atoms with Gasteiger partial charge in [-0.15, -0.1) is 0 Å². The van der Waals surface area contributed by atoms with E-state index >= 15 is 9.59 Å². The van der Waals surface area contributed by atoms with Gasteiger partial charge in [0.2, 0.25) is 23.6 Å². The smallest absolute Gasteiger partial charge is 0.238 e. The lowest BCUT2D eigenvalue weighted by atomic mass is 9.40. The van der Waals surface area contributed by atoms with Gasteiger partial charge in [-0.2, -0.15) is 0 Å². The highest BCUT2D eigenvalue weighted by molar-refractivity contribution is 6.29. The third-order valence-corrected chi connectivity index (χ3v) is 11.1. The van der Waals surface area contributed by atoms with Crippen LogP contribution in [0.2, 0.25) is 0 Å². The average molecular weight is 653 g/mol. The van der Waals surface area contributed by atoms with E-state index in [4.69, 9.17) is 9.47 Å². The first-order chi connectivity index (χ1) is 23.9. The monoisotopic (exact) mass is 652 g/mol. The lowest BCUT2D eigenvalue weighted by molar-refractivity contribution is -0.145. The van der Waals surface area contributed by atoms with Gasteiger partial charge >= 0.3 is 0 Å². The summed E-state index contributed by atoms with van der Waals surface area (Å²) < 4.78 is 10.7. The number of carbonyl (C=O) groups is 4. The van der Waals surface area contributed by atoms with E-state index < -0.39 is 35.0 Å². The molecule has 4 unspecified atom stereocenters. The van der Waals surface area contributed by atoms with Crippen LogP contribution in [0, 0.1) is 35.0 Å². The Labute approximate surface area is 284 Å². The first-order valence-electron chi connectivity index (χ1n) is 16.8. The third-order valence-electron chi connectivity index (χ3n) is 11.1. The van der Waals surface area contributed by atoms with Crippen molar-refractivity contribution < 1.29 is 28.7 Å². The summed E-state index contributed by atoms with van der Waals surface area (Å²) in [6.07, 6.45) is 1.07. The highest BCUT2D eigenvalue weighted by Gasteiger charge is 2.77. The van der Waals surface area contributed by atoms with Gasteiger partial charge in [0, 0.05) is 11.3 Å². The van der Waals surface area contributed by atoms with Gasteiger partial charge in [-0.25, -0.2) is 0 Å². The van der Waals surface area contributed by atoms with E-state index in [1.54, 1.807) is 62.8 Å². The Balaban J connectivity index is 1.41. The Morgan fingerprint density at radius 3 is 1.39 bits per heavy atom. The van der Waals surface area contributed by atoms with E-state index in [2.05, 4.69) is 0 Å². The number of anilines is 2. The van der Waals surface area contributed by atoms with Crippen LogP contribution in [-0.2, 0) is 19.2 Å². The fraction of sp³-hybridized carbons (Fsp3) is 0.268. The Kier molecular flexibility index (Phi) is 7.28. The minimum absolute atomic E-state index is 0.333. The van der Waals surface area contributed by atoms with Gasteiger partial charge in [0.1, 0.15) is 11.5 Å². The molecule has 0 radical (unpaired) electrons. The maximum absolute atomic E-state index is 15.0. The van der Waals surface area contributed by atoms with Gasteiger partial charge in [0.15, 0.2) is 0 Å². The first kappa shape index (κ1) is 30.8. The molecule has 8 nitrogen and oxygen atoms in total. The summed E-state index contributed by atoms with van der Waals surface area (Å²) in [5, 5.41) is 0. The molecule has 4 aromatic carbocycles. The second-order valence-corrected chi connectivity index (χ2v) is 13.3. The van der Waals surface area contributed by atoms with E-state index in [0.717, 1.165) is 22.3 Å². The van der Waals surface area contributed by atoms with Gasteiger partial charge in [0.05, 0.1) is 49.3 Å². The van der Waals surface area contributed by atoms with Crippen LogP contribution in [0.5, 0.6) is 11.5 Å². The molecular weight excluding hydrogens is 616 g/mol. The van der Waals surface area contributed by atoms with Crippen molar-refractivity contribution in [1.29, 1.82) is 0 Å². The van der Waals surface area contributed by atoms with Crippen LogP contribution < -0.4 is 19.3 Å². The Morgan fingerprint density at radius 2 is 0.980 bits per heavy atom. The van der Waals surface area contributed by atoms with E-state index in [1.807, 2.05) is 67.6 Å². The van der Waals surface area contributed by atoms with Crippen molar-refractivity contribution in [3.63, 3.8) is 0 Å². The van der Waals surface area contributed by atoms with Gasteiger partial charge in [-0.05, 0) is 77.2 Å². The molecule has 0 N–H and O–H groups in total. The van der Waals surface area contributed by atoms with Gasteiger partial charge in [0.25, 0.3) is 0 Å². The van der Waals surface area contributed by atoms with Crippen molar-refractivity contribution >= 4 is 46.1 Å². The molecule has 3 aliphatic carbocycles. The summed E-state index contributed by atoms with van der Waals surface area (Å²) in [4.78, 5) is 62.4. The molecule has 0 spiro atoms. The van der Waals surface area contributed by atoms with E-state index in [9.17, 15) is 9.59 Å². The lowest BCUT2D eigenvalue weighted by Gasteiger charge is -2.59. The number of hydrogen-bond donors (Lipinski definition) is 0. The number of amides is 4. The Hall–Kier alpha value is -5.50. The van der Waals surface area contributed by atoms with Crippen LogP contribution in [0.3, 0.4) is 0 Å². The molecule has 3 fully saturated rings. The van der Waals surface area contributed by atoms with Crippen molar-refractivity contribution in [2.75, 3.05) is 24.0 Å². The summed E-state index contributed by atoms with van der Waals surface area (Å²) in [7, 11) is 3.12. The molecular formula is C41H36N2O6. The zero-order valence-corrected chi connectivity index (χ0v) is 27.5. The Bertz CT molecular complexity index is 1910. The second-order valence-electron chi connectivity index (χ2n) is 13.3. The highest BCUT2D eigenvalue weighted by atomic mass is 16.5. The lowest BCUT2D eigenvalue weighted by Crippen LogP contribution is -2.60. The van der Waals surface area contributed by atoms with Crippen LogP contribution >= 0.6 is 0 Å². The van der Waals surface area contributed by atoms with Crippen molar-refractivity contribution in [1.82, 2.24) is 0 Å². The molecule has 4 atom stereocenters. The summed E-state index contributed by atoms with van der Waals surface area (Å²) in [6.45, 7) is 2.04. The van der Waals surface area contributed by atoms with Crippen LogP contribution in [0.1, 0.15) is 30.9 Å². The minimum Gasteiger partial charge on any atom is -0.497 e. The summed E-state index contributed by atoms with van der Waals surface area (Å²) in [5.74, 6) is -4.21. The molecule has 5 aliphatic rings. The number of ether oxygens (including phenoxy) is 2. The quantitative estimate of drug-likeness (QED) is 0.198. The number of carbonyl (C=O) groups excluding carboxylic acids is 4. The van der Waals surface area contributed by atoms with Gasteiger partial charge < -0.3 is 9.47 Å². The zero-order chi connectivity index (χ0) is 34.0. The van der Waals surface area contributed by atoms with Gasteiger partial charge in [-0.3, -0.25) is 29.0 Å². The standard InChI is InChI=1S/C41H36N2O6/c1-4-23-41-34(25-13-9-6-10-14-25)30(24-11-7-5-8-12-24)31(32-35(41)39(46)42(37(32)44)26-15-19-28(48-2)20-16-26)33-36(41)40(47)43(38(33)45)27-17-21-29(49-3)22-18-27/h5-22,31-33,35-36H,4,23H2,1-3H3. The molecule has 2 aliphatic heterocycles. The normalized spacial score (nSPS) is 27.1. The number of benzene rings is 4. The molecule has 2 saturated heterocycles. The summed E-state index contributed by atoms with van der Waals surface area (Å²) >= 11 is 0. The maximum Gasteiger partial charge on any atom is 0.238 e. The molecule has 4 amide bonds. The number of rotatable bonds is 8. The van der Waals surface area contributed by atoms with Crippen molar-refractivity contribution in [2.24, 2.45) is 35.0 Å². The SMILES string of the molecule is CCCC12C(c3ccccc3)=C(c3ccccc3)C(C3C(=O)N(c4ccc(OC)cc4)C(=O)C31)C1C(=O)N(c3ccc(OC)cc3)C(=O)C12. The topological polar surface area (TPSA) is 93.2 Å². The molecule has 8 heteroatoms. The summed E-state index contributed by atoms with van der Waals surface area (Å²) in [6, 6.07) is 33.5. The predicted molar refractivity (Wildman–Crippen MR) is 185 cm³/mol. The molecule has 9 rings (SSSR count). The molecule has 4 aromatic rings. The fourth-order valence-corrected chi connectivity index (χ4v) is 9.50. The van der Waals surface area contributed by atoms with Crippen LogP contribution in [-0.4, -0.2) is 37.8 Å². The molecule has 0 aromatic heterocycles. The number of allylic oxidation sites excluding steroid dienone is 2. The second kappa shape index (κ2) is 11.6. The molecule has 49 heavy (non-hydrogen) atoms. The van der Waals surface area contributed by atoms with Crippen LogP contribution in [0.4, 0.5) is 11.4 Å². The van der Waals surface area contributed by atoms with Crippen LogP contribution in [0.15, 0.2) is 109 Å². The molecule has 246 valence electrons. The number of nitrogens with zero attached hydrogens (tertiary/aromatic N) is 2. The molecule has 2 bridgehead atoms. The first-order valence-corrected chi connectivity index (χ1v) is 16.8. The van der Waals surface area contributed by atoms with Crippen molar-refractivity contribution in [3.05, 3.63) is 120 Å². The minimum atomic E-state index is -1.15. The molecule has 1 saturated carbocycles. The van der Waals surface area contributed by atoms with E-state index in [-0.39, 0.29) is 23.6 Å². The Morgan fingerprint density at radius 1 is 0.551 bits per heavy atom.